The van der Waals surface area contributed by atoms with Gasteiger partial charge in [0.15, 0.2) is 5.13 Å². The largest absolute Gasteiger partial charge is 0.362 e. The molecule has 0 radical (unpaired) electrons. The predicted octanol–water partition coefficient (Wildman–Crippen LogP) is 2.77. The minimum absolute atomic E-state index is 0.208. The van der Waals surface area contributed by atoms with Gasteiger partial charge in [0.25, 0.3) is 11.8 Å². The van der Waals surface area contributed by atoms with Crippen LogP contribution in [-0.2, 0) is 6.37 Å². The molecule has 20 heavy (non-hydrogen) atoms. The molecule has 7 heteroatoms. The number of hydrogen-bond acceptors (Lipinski definition) is 6. The van der Waals surface area contributed by atoms with E-state index in [9.17, 15) is 9.59 Å². The lowest BCUT2D eigenvalue weighted by Crippen LogP contribution is -2.29. The molecule has 0 atom stereocenters. The Morgan fingerprint density at radius 2 is 2.35 bits per heavy atom. The number of hydrogen-bond donors (Lipinski definition) is 2. The van der Waals surface area contributed by atoms with Crippen LogP contribution in [0, 0.1) is 0 Å². The topological polar surface area (TPSA) is 71.1 Å². The molecule has 2 aromatic heterocycles. The van der Waals surface area contributed by atoms with Gasteiger partial charge >= 0.3 is 0 Å². The summed E-state index contributed by atoms with van der Waals surface area (Å²) in [5.74, 6) is -1.53. The molecule has 2 aromatic rings. The van der Waals surface area contributed by atoms with E-state index in [1.165, 1.54) is 6.07 Å². The molecule has 2 amide bonds. The summed E-state index contributed by atoms with van der Waals surface area (Å²) in [5, 5.41) is 6.85. The van der Waals surface area contributed by atoms with Crippen LogP contribution in [0.4, 0.5) is 5.13 Å². The average Bonchev–Trinajstić information content (AvgIpc) is 3.16. The Morgan fingerprint density at radius 1 is 1.50 bits per heavy atom. The summed E-state index contributed by atoms with van der Waals surface area (Å²) in [7, 11) is 0. The van der Waals surface area contributed by atoms with Crippen LogP contribution in [0.3, 0.4) is 0 Å². The molecule has 0 spiro atoms. The lowest BCUT2D eigenvalue weighted by Gasteiger charge is -2.01. The fraction of sp³-hybridized carbons (Fsp3) is 0.308. The highest BCUT2D eigenvalue weighted by Gasteiger charge is 2.19. The zero-order chi connectivity index (χ0) is 18.8. The molecule has 5 nitrogen and oxygen atoms in total. The minimum Gasteiger partial charge on any atom is -0.362 e. The van der Waals surface area contributed by atoms with Crippen LogP contribution in [0.15, 0.2) is 17.5 Å². The number of rotatable bonds is 5. The van der Waals surface area contributed by atoms with Crippen LogP contribution in [0.1, 0.15) is 45.7 Å². The molecule has 0 saturated heterocycles. The van der Waals surface area contributed by atoms with Crippen LogP contribution in [0.2, 0.25) is 0 Å². The summed E-state index contributed by atoms with van der Waals surface area (Å²) in [6.45, 7) is -0.782. The Kier molecular flexibility index (Phi) is 3.06. The maximum atomic E-state index is 12.4. The van der Waals surface area contributed by atoms with Gasteiger partial charge in [-0.1, -0.05) is 24.3 Å². The average molecular weight is 314 g/mol. The van der Waals surface area contributed by atoms with Gasteiger partial charge in [-0.15, -0.1) is 11.3 Å². The smallest absolute Gasteiger partial charge is 0.270 e. The molecule has 0 aromatic carbocycles. The number of nitrogens with one attached hydrogen (secondary N) is 2. The maximum Gasteiger partial charge on any atom is 0.270 e. The van der Waals surface area contributed by atoms with Crippen molar-refractivity contribution in [2.45, 2.75) is 20.1 Å². The highest BCUT2D eigenvalue weighted by atomic mass is 32.1. The van der Waals surface area contributed by atoms with Gasteiger partial charge in [0.1, 0.15) is 4.88 Å². The van der Waals surface area contributed by atoms with Crippen LogP contribution in [-0.4, -0.2) is 23.3 Å². The number of anilines is 1. The Hall–Kier alpha value is -1.73. The van der Waals surface area contributed by atoms with E-state index >= 15 is 0 Å². The molecule has 2 heterocycles. The first-order valence-electron chi connectivity index (χ1n) is 8.22. The summed E-state index contributed by atoms with van der Waals surface area (Å²) in [6, 6.07) is 3.19. The summed E-state index contributed by atoms with van der Waals surface area (Å²) < 4.78 is 37.9. The van der Waals surface area contributed by atoms with Crippen molar-refractivity contribution in [3.05, 3.63) is 33.0 Å². The second-order valence-electron chi connectivity index (χ2n) is 3.61. The number of nitrogens with zero attached hydrogens (tertiary/aromatic N) is 1. The van der Waals surface area contributed by atoms with Crippen molar-refractivity contribution in [3.8, 4) is 0 Å². The van der Waals surface area contributed by atoms with Crippen molar-refractivity contribution in [2.75, 3.05) is 11.9 Å². The first kappa shape index (κ1) is 9.25. The second-order valence-corrected chi connectivity index (χ2v) is 5.56. The van der Waals surface area contributed by atoms with Crippen molar-refractivity contribution in [3.63, 3.8) is 0 Å². The molecule has 0 unspecified atom stereocenters. The number of carbonyl (C=O) groups excluding carboxylic acids is 2. The van der Waals surface area contributed by atoms with E-state index in [4.69, 9.17) is 6.85 Å². The van der Waals surface area contributed by atoms with Gasteiger partial charge in [0, 0.05) is 13.4 Å². The molecule has 0 aliphatic carbocycles. The fourth-order valence-electron chi connectivity index (χ4n) is 1.41. The Morgan fingerprint density at radius 3 is 3.00 bits per heavy atom. The van der Waals surface area contributed by atoms with Gasteiger partial charge in [-0.05, 0) is 24.7 Å². The maximum absolute atomic E-state index is 12.4. The van der Waals surface area contributed by atoms with Gasteiger partial charge in [-0.2, -0.15) is 0 Å². The molecular formula is C13H15N3O2S2. The minimum atomic E-state index is -3.02. The summed E-state index contributed by atoms with van der Waals surface area (Å²) in [6.07, 6.45) is -2.84. The van der Waals surface area contributed by atoms with Crippen LogP contribution in [0.25, 0.3) is 0 Å². The summed E-state index contributed by atoms with van der Waals surface area (Å²) >= 11 is 1.94. The third kappa shape index (κ3) is 3.23. The molecule has 0 bridgehead atoms. The van der Waals surface area contributed by atoms with Crippen molar-refractivity contribution < 1.29 is 16.4 Å². The summed E-state index contributed by atoms with van der Waals surface area (Å²) in [4.78, 5) is 28.4. The van der Waals surface area contributed by atoms with Gasteiger partial charge in [-0.3, -0.25) is 14.9 Å². The Bertz CT molecular complexity index is 771. The second kappa shape index (κ2) is 6.62. The molecule has 0 saturated carbocycles. The lowest BCUT2D eigenvalue weighted by atomic mass is 10.3. The first-order chi connectivity index (χ1) is 11.6. The third-order valence-corrected chi connectivity index (χ3v) is 4.13. The van der Waals surface area contributed by atoms with Gasteiger partial charge in [0.2, 0.25) is 0 Å². The third-order valence-electron chi connectivity index (χ3n) is 2.25. The number of thiazole rings is 1. The van der Waals surface area contributed by atoms with Crippen LogP contribution < -0.4 is 10.6 Å². The van der Waals surface area contributed by atoms with Gasteiger partial charge < -0.3 is 5.32 Å². The van der Waals surface area contributed by atoms with Crippen molar-refractivity contribution >= 4 is 39.6 Å². The normalized spacial score (nSPS) is 15.3. The van der Waals surface area contributed by atoms with E-state index in [0.717, 1.165) is 22.7 Å². The van der Waals surface area contributed by atoms with Crippen LogP contribution >= 0.6 is 22.7 Å². The Labute approximate surface area is 132 Å². The molecule has 0 aliphatic heterocycles. The van der Waals surface area contributed by atoms with Gasteiger partial charge in [0.05, 0.1) is 10.6 Å². The Balaban J connectivity index is 2.38. The van der Waals surface area contributed by atoms with E-state index in [-0.39, 0.29) is 10.0 Å². The molecule has 0 fully saturated rings. The molecular weight excluding hydrogens is 294 g/mol. The first-order valence-corrected chi connectivity index (χ1v) is 7.42. The molecule has 2 rings (SSSR count). The van der Waals surface area contributed by atoms with E-state index in [0.29, 0.717) is 11.4 Å². The number of aromatic nitrogens is 1. The van der Waals surface area contributed by atoms with E-state index in [1.54, 1.807) is 18.4 Å². The summed E-state index contributed by atoms with van der Waals surface area (Å²) in [5.41, 5.74) is -0.509. The van der Waals surface area contributed by atoms with E-state index in [2.05, 4.69) is 15.6 Å². The standard InChI is InChI=1S/C13H15N3O2S2/c1-3-8-10(20-13(15-8)14-4-2)12(18)16-11(17)9-6-5-7-19-9/h5-7H,3-4H2,1-2H3,(H,14,15)(H,16,17,18)/i1D3,3D2. The SMILES string of the molecule is [2H]C([2H])([2H])C([2H])([2H])c1nc(NCC)sc1C(=O)NC(=O)c1cccs1. The number of amides is 2. The predicted molar refractivity (Wildman–Crippen MR) is 81.8 cm³/mol. The highest BCUT2D eigenvalue weighted by Crippen LogP contribution is 2.23. The highest BCUT2D eigenvalue weighted by molar-refractivity contribution is 7.17. The molecule has 0 aliphatic rings. The van der Waals surface area contributed by atoms with Crippen molar-refractivity contribution in [2.24, 2.45) is 0 Å². The number of aryl methyl sites for hydroxylation is 1. The van der Waals surface area contributed by atoms with E-state index in [1.807, 2.05) is 0 Å². The number of carbonyl (C=O) groups is 2. The molecule has 2 N–H and O–H groups in total. The van der Waals surface area contributed by atoms with E-state index < -0.39 is 30.7 Å². The lowest BCUT2D eigenvalue weighted by molar-refractivity contribution is 0.0853. The van der Waals surface area contributed by atoms with Crippen LogP contribution in [0.5, 0.6) is 0 Å². The number of imide groups is 1. The van der Waals surface area contributed by atoms with Crippen molar-refractivity contribution in [1.29, 1.82) is 0 Å². The quantitative estimate of drug-likeness (QED) is 0.833. The molecule has 106 valence electrons. The van der Waals surface area contributed by atoms with Gasteiger partial charge in [-0.25, -0.2) is 4.98 Å². The fourth-order valence-corrected chi connectivity index (χ4v) is 2.92. The van der Waals surface area contributed by atoms with Crippen molar-refractivity contribution in [1.82, 2.24) is 10.3 Å². The zero-order valence-electron chi connectivity index (χ0n) is 15.5. The number of thiophene rings is 1. The zero-order valence-corrected chi connectivity index (χ0v) is 12.2. The monoisotopic (exact) mass is 314 g/mol.